The van der Waals surface area contributed by atoms with Crippen LogP contribution in [0.25, 0.3) is 11.3 Å². The second-order valence-electron chi connectivity index (χ2n) is 5.32. The molecule has 1 aliphatic rings. The first-order valence-electron chi connectivity index (χ1n) is 7.04. The number of nitrogens with two attached hydrogens (primary N) is 1. The molecule has 4 nitrogen and oxygen atoms in total. The third kappa shape index (κ3) is 3.13. The van der Waals surface area contributed by atoms with Crippen molar-refractivity contribution in [3.05, 3.63) is 48.0 Å². The highest BCUT2D eigenvalue weighted by atomic mass is 19.1. The fraction of sp³-hybridized carbons (Fsp3) is 0.312. The molecule has 1 saturated carbocycles. The molecular weight excluding hydrogens is 271 g/mol. The predicted molar refractivity (Wildman–Crippen MR) is 77.1 cm³/mol. The minimum absolute atomic E-state index is 0.0110. The molecule has 1 aromatic heterocycles. The fourth-order valence-corrected chi connectivity index (χ4v) is 2.34. The van der Waals surface area contributed by atoms with Crippen LogP contribution in [-0.2, 0) is 0 Å². The van der Waals surface area contributed by atoms with Crippen molar-refractivity contribution < 1.29 is 13.6 Å². The molecule has 21 heavy (non-hydrogen) atoms. The Morgan fingerprint density at radius 2 is 2.00 bits per heavy atom. The summed E-state index contributed by atoms with van der Waals surface area (Å²) < 4.78 is 18.4. The number of hydrogen-bond acceptors (Lipinski definition) is 3. The van der Waals surface area contributed by atoms with Gasteiger partial charge in [0.25, 0.3) is 5.91 Å². The zero-order valence-electron chi connectivity index (χ0n) is 11.5. The fourth-order valence-electron chi connectivity index (χ4n) is 2.34. The van der Waals surface area contributed by atoms with Gasteiger partial charge in [-0.15, -0.1) is 0 Å². The van der Waals surface area contributed by atoms with Crippen molar-refractivity contribution in [1.29, 1.82) is 0 Å². The van der Waals surface area contributed by atoms with Crippen molar-refractivity contribution >= 4 is 5.91 Å². The monoisotopic (exact) mass is 288 g/mol. The van der Waals surface area contributed by atoms with Gasteiger partial charge in [0.15, 0.2) is 5.76 Å². The van der Waals surface area contributed by atoms with Gasteiger partial charge in [-0.1, -0.05) is 0 Å². The van der Waals surface area contributed by atoms with Crippen molar-refractivity contribution in [2.45, 2.75) is 18.9 Å². The van der Waals surface area contributed by atoms with Crippen LogP contribution in [0.3, 0.4) is 0 Å². The number of carbonyl (C=O) groups excluding carboxylic acids is 1. The summed E-state index contributed by atoms with van der Waals surface area (Å²) in [6, 6.07) is 9.28. The molecule has 0 radical (unpaired) electrons. The average Bonchev–Trinajstić information content (AvgIpc) is 3.21. The van der Waals surface area contributed by atoms with E-state index >= 15 is 0 Å². The van der Waals surface area contributed by atoms with E-state index < -0.39 is 0 Å². The zero-order valence-corrected chi connectivity index (χ0v) is 11.5. The third-order valence-electron chi connectivity index (χ3n) is 3.72. The maximum absolute atomic E-state index is 12.9. The lowest BCUT2D eigenvalue weighted by atomic mass is 10.2. The molecule has 0 spiro atoms. The van der Waals surface area contributed by atoms with E-state index in [2.05, 4.69) is 5.32 Å². The summed E-state index contributed by atoms with van der Waals surface area (Å²) in [7, 11) is 0. The highest BCUT2D eigenvalue weighted by Gasteiger charge is 2.31. The smallest absolute Gasteiger partial charge is 0.287 e. The van der Waals surface area contributed by atoms with Gasteiger partial charge in [0, 0.05) is 18.2 Å². The van der Waals surface area contributed by atoms with Gasteiger partial charge in [0.2, 0.25) is 0 Å². The molecule has 1 amide bonds. The average molecular weight is 288 g/mol. The van der Waals surface area contributed by atoms with E-state index in [1.54, 1.807) is 24.3 Å². The van der Waals surface area contributed by atoms with Crippen LogP contribution in [0.5, 0.6) is 0 Å². The topological polar surface area (TPSA) is 68.3 Å². The lowest BCUT2D eigenvalue weighted by molar-refractivity contribution is 0.0906. The second kappa shape index (κ2) is 5.69. The van der Waals surface area contributed by atoms with E-state index in [9.17, 15) is 9.18 Å². The Bertz CT molecular complexity index is 632. The van der Waals surface area contributed by atoms with E-state index in [-0.39, 0.29) is 23.5 Å². The van der Waals surface area contributed by atoms with E-state index in [1.807, 2.05) is 0 Å². The number of furan rings is 1. The quantitative estimate of drug-likeness (QED) is 0.888. The van der Waals surface area contributed by atoms with Crippen molar-refractivity contribution in [2.24, 2.45) is 11.7 Å². The molecule has 1 atom stereocenters. The van der Waals surface area contributed by atoms with E-state index in [0.29, 0.717) is 18.2 Å². The van der Waals surface area contributed by atoms with Crippen LogP contribution in [0, 0.1) is 11.7 Å². The third-order valence-corrected chi connectivity index (χ3v) is 3.72. The summed E-state index contributed by atoms with van der Waals surface area (Å²) in [6.45, 7) is 0.432. The van der Waals surface area contributed by atoms with Crippen LogP contribution >= 0.6 is 0 Å². The predicted octanol–water partition coefficient (Wildman–Crippen LogP) is 2.55. The molecular formula is C16H17FN2O2. The van der Waals surface area contributed by atoms with Crippen LogP contribution in [0.4, 0.5) is 4.39 Å². The SMILES string of the molecule is NCC(NC(=O)c1ccc(-c2ccc(F)cc2)o1)C1CC1. The number of halogens is 1. The first-order valence-corrected chi connectivity index (χ1v) is 7.04. The molecule has 0 saturated heterocycles. The standard InChI is InChI=1S/C16H17FN2O2/c17-12-5-3-11(4-6-12)14-7-8-15(21-14)16(20)19-13(9-18)10-1-2-10/h3-8,10,13H,1-2,9,18H2,(H,19,20). The molecule has 1 fully saturated rings. The van der Waals surface area contributed by atoms with Gasteiger partial charge in [-0.05, 0) is 55.2 Å². The lowest BCUT2D eigenvalue weighted by Crippen LogP contribution is -2.41. The van der Waals surface area contributed by atoms with Gasteiger partial charge in [-0.25, -0.2) is 4.39 Å². The lowest BCUT2D eigenvalue weighted by Gasteiger charge is -2.14. The maximum Gasteiger partial charge on any atom is 0.287 e. The minimum atomic E-state index is -0.307. The summed E-state index contributed by atoms with van der Waals surface area (Å²) >= 11 is 0. The van der Waals surface area contributed by atoms with Crippen molar-refractivity contribution in [2.75, 3.05) is 6.54 Å². The molecule has 5 heteroatoms. The van der Waals surface area contributed by atoms with Crippen molar-refractivity contribution in [3.63, 3.8) is 0 Å². The largest absolute Gasteiger partial charge is 0.451 e. The molecule has 1 heterocycles. The number of hydrogen-bond donors (Lipinski definition) is 2. The normalized spacial score (nSPS) is 15.7. The Hall–Kier alpha value is -2.14. The van der Waals surface area contributed by atoms with Gasteiger partial charge in [-0.3, -0.25) is 4.79 Å². The Labute approximate surface area is 122 Å². The number of amides is 1. The van der Waals surface area contributed by atoms with Crippen LogP contribution in [0.1, 0.15) is 23.4 Å². The van der Waals surface area contributed by atoms with Crippen LogP contribution < -0.4 is 11.1 Å². The first-order chi connectivity index (χ1) is 10.2. The molecule has 1 aliphatic carbocycles. The number of rotatable bonds is 5. The van der Waals surface area contributed by atoms with E-state index in [4.69, 9.17) is 10.2 Å². The molecule has 2 aromatic rings. The van der Waals surface area contributed by atoms with Crippen molar-refractivity contribution in [3.8, 4) is 11.3 Å². The van der Waals surface area contributed by atoms with Gasteiger partial charge >= 0.3 is 0 Å². The van der Waals surface area contributed by atoms with E-state index in [0.717, 1.165) is 18.4 Å². The molecule has 1 unspecified atom stereocenters. The maximum atomic E-state index is 12.9. The number of benzene rings is 1. The highest BCUT2D eigenvalue weighted by molar-refractivity contribution is 5.92. The number of carbonyl (C=O) groups is 1. The molecule has 3 rings (SSSR count). The number of nitrogens with one attached hydrogen (secondary N) is 1. The Morgan fingerprint density at radius 3 is 2.62 bits per heavy atom. The summed E-state index contributed by atoms with van der Waals surface area (Å²) in [5.41, 5.74) is 6.40. The Kier molecular flexibility index (Phi) is 3.75. The summed E-state index contributed by atoms with van der Waals surface area (Å²) in [4.78, 5) is 12.1. The zero-order chi connectivity index (χ0) is 14.8. The van der Waals surface area contributed by atoms with E-state index in [1.165, 1.54) is 12.1 Å². The minimum Gasteiger partial charge on any atom is -0.451 e. The molecule has 3 N–H and O–H groups in total. The second-order valence-corrected chi connectivity index (χ2v) is 5.32. The molecule has 1 aromatic carbocycles. The Morgan fingerprint density at radius 1 is 1.29 bits per heavy atom. The summed E-state index contributed by atoms with van der Waals surface area (Å²) in [5, 5.41) is 2.90. The highest BCUT2D eigenvalue weighted by Crippen LogP contribution is 2.32. The summed E-state index contributed by atoms with van der Waals surface area (Å²) in [6.07, 6.45) is 2.22. The van der Waals surface area contributed by atoms with Crippen LogP contribution in [0.15, 0.2) is 40.8 Å². The van der Waals surface area contributed by atoms with Gasteiger partial charge in [0.05, 0.1) is 0 Å². The molecule has 0 bridgehead atoms. The van der Waals surface area contributed by atoms with Gasteiger partial charge in [-0.2, -0.15) is 0 Å². The van der Waals surface area contributed by atoms with Crippen molar-refractivity contribution in [1.82, 2.24) is 5.32 Å². The van der Waals surface area contributed by atoms with Crippen LogP contribution in [-0.4, -0.2) is 18.5 Å². The Balaban J connectivity index is 1.71. The van der Waals surface area contributed by atoms with Gasteiger partial charge < -0.3 is 15.5 Å². The first kappa shape index (κ1) is 13.8. The molecule has 0 aliphatic heterocycles. The van der Waals surface area contributed by atoms with Gasteiger partial charge in [0.1, 0.15) is 11.6 Å². The summed E-state index contributed by atoms with van der Waals surface area (Å²) in [5.74, 6) is 0.707. The van der Waals surface area contributed by atoms with Crippen LogP contribution in [0.2, 0.25) is 0 Å². The molecule has 110 valence electrons.